The van der Waals surface area contributed by atoms with E-state index in [1.807, 2.05) is 13.0 Å². The lowest BCUT2D eigenvalue weighted by Crippen LogP contribution is -2.29. The van der Waals surface area contributed by atoms with Gasteiger partial charge in [0.25, 0.3) is 5.91 Å². The summed E-state index contributed by atoms with van der Waals surface area (Å²) in [5, 5.41) is 19.1. The molecule has 2 aromatic rings. The van der Waals surface area contributed by atoms with Gasteiger partial charge in [0.05, 0.1) is 5.56 Å². The number of hydrogen-bond acceptors (Lipinski definition) is 4. The molecule has 0 atom stereocenters. The number of aryl methyl sites for hydroxylation is 1. The molecule has 1 aliphatic rings. The molecule has 0 aromatic heterocycles. The normalized spacial score (nSPS) is 13.3. The molecule has 0 fully saturated rings. The average Bonchev–Trinajstić information content (AvgIpc) is 2.81. The Hall–Kier alpha value is -2.69. The fourth-order valence-electron chi connectivity index (χ4n) is 2.63. The summed E-state index contributed by atoms with van der Waals surface area (Å²) in [6, 6.07) is 7.76. The van der Waals surface area contributed by atoms with Gasteiger partial charge < -0.3 is 20.8 Å². The molecule has 5 nitrogen and oxygen atoms in total. The van der Waals surface area contributed by atoms with Crippen LogP contribution in [0.25, 0.3) is 0 Å². The summed E-state index contributed by atoms with van der Waals surface area (Å²) in [7, 11) is 0. The molecule has 108 valence electrons. The van der Waals surface area contributed by atoms with Gasteiger partial charge >= 0.3 is 0 Å². The second kappa shape index (κ2) is 4.70. The number of benzene rings is 2. The molecular weight excluding hydrogens is 268 g/mol. The lowest BCUT2D eigenvalue weighted by Gasteiger charge is -2.19. The summed E-state index contributed by atoms with van der Waals surface area (Å²) >= 11 is 0. The van der Waals surface area contributed by atoms with Gasteiger partial charge in [-0.3, -0.25) is 4.79 Å². The monoisotopic (exact) mass is 284 g/mol. The van der Waals surface area contributed by atoms with E-state index in [1.54, 1.807) is 11.0 Å². The van der Waals surface area contributed by atoms with E-state index < -0.39 is 0 Å². The van der Waals surface area contributed by atoms with Crippen LogP contribution in [0.4, 0.5) is 11.4 Å². The first-order valence-corrected chi connectivity index (χ1v) is 6.70. The van der Waals surface area contributed by atoms with E-state index in [-0.39, 0.29) is 23.0 Å². The number of rotatable bonds is 1. The van der Waals surface area contributed by atoms with Gasteiger partial charge in [-0.25, -0.2) is 0 Å². The fourth-order valence-corrected chi connectivity index (χ4v) is 2.63. The van der Waals surface area contributed by atoms with E-state index in [2.05, 4.69) is 0 Å². The molecule has 0 saturated heterocycles. The van der Waals surface area contributed by atoms with E-state index in [9.17, 15) is 15.0 Å². The third kappa shape index (κ3) is 2.16. The molecule has 2 aromatic carbocycles. The largest absolute Gasteiger partial charge is 0.508 e. The second-order valence-electron chi connectivity index (χ2n) is 5.25. The van der Waals surface area contributed by atoms with E-state index >= 15 is 0 Å². The van der Waals surface area contributed by atoms with Gasteiger partial charge in [0.2, 0.25) is 0 Å². The van der Waals surface area contributed by atoms with Crippen LogP contribution in [0.1, 0.15) is 21.5 Å². The van der Waals surface area contributed by atoms with E-state index in [0.717, 1.165) is 29.3 Å². The van der Waals surface area contributed by atoms with E-state index in [4.69, 9.17) is 5.73 Å². The molecule has 1 aliphatic heterocycles. The van der Waals surface area contributed by atoms with Crippen LogP contribution in [0.2, 0.25) is 0 Å². The summed E-state index contributed by atoms with van der Waals surface area (Å²) < 4.78 is 0. The minimum absolute atomic E-state index is 0.0780. The number of nitrogens with two attached hydrogens (primary N) is 1. The van der Waals surface area contributed by atoms with Crippen LogP contribution in [0.3, 0.4) is 0 Å². The summed E-state index contributed by atoms with van der Waals surface area (Å²) in [6.07, 6.45) is 0.765. The first kappa shape index (κ1) is 13.3. The Labute approximate surface area is 122 Å². The third-order valence-electron chi connectivity index (χ3n) is 3.82. The molecule has 4 N–H and O–H groups in total. The minimum Gasteiger partial charge on any atom is -0.508 e. The minimum atomic E-state index is -0.297. The molecule has 0 radical (unpaired) electrons. The van der Waals surface area contributed by atoms with Crippen molar-refractivity contribution in [2.45, 2.75) is 13.3 Å². The maximum Gasteiger partial charge on any atom is 0.262 e. The average molecular weight is 284 g/mol. The van der Waals surface area contributed by atoms with Crippen molar-refractivity contribution in [3.63, 3.8) is 0 Å². The standard InChI is InChI=1S/C16H16N2O3/c1-9-6-10-4-5-18(14(10)8-13(9)17)16(21)12-3-2-11(19)7-15(12)20/h2-3,6-8,19-20H,4-5,17H2,1H3. The van der Waals surface area contributed by atoms with Crippen molar-refractivity contribution in [3.8, 4) is 11.5 Å². The number of phenols is 2. The lowest BCUT2D eigenvalue weighted by atomic mass is 10.1. The maximum atomic E-state index is 12.6. The summed E-state index contributed by atoms with van der Waals surface area (Å²) in [5.41, 5.74) is 9.59. The molecule has 1 heterocycles. The van der Waals surface area contributed by atoms with Crippen molar-refractivity contribution in [1.29, 1.82) is 0 Å². The van der Waals surface area contributed by atoms with Gasteiger partial charge in [0.1, 0.15) is 11.5 Å². The van der Waals surface area contributed by atoms with Crippen molar-refractivity contribution >= 4 is 17.3 Å². The van der Waals surface area contributed by atoms with Crippen LogP contribution in [0.15, 0.2) is 30.3 Å². The van der Waals surface area contributed by atoms with Gasteiger partial charge in [-0.05, 0) is 42.7 Å². The zero-order valence-corrected chi connectivity index (χ0v) is 11.6. The third-order valence-corrected chi connectivity index (χ3v) is 3.82. The highest BCUT2D eigenvalue weighted by molar-refractivity contribution is 6.09. The Morgan fingerprint density at radius 1 is 1.24 bits per heavy atom. The number of nitrogens with zero attached hydrogens (tertiary/aromatic N) is 1. The summed E-state index contributed by atoms with van der Waals surface area (Å²) in [5.74, 6) is -0.603. The zero-order chi connectivity index (χ0) is 15.1. The summed E-state index contributed by atoms with van der Waals surface area (Å²) in [4.78, 5) is 14.2. The van der Waals surface area contributed by atoms with Crippen molar-refractivity contribution < 1.29 is 15.0 Å². The smallest absolute Gasteiger partial charge is 0.262 e. The Morgan fingerprint density at radius 3 is 2.71 bits per heavy atom. The maximum absolute atomic E-state index is 12.6. The highest BCUT2D eigenvalue weighted by atomic mass is 16.3. The van der Waals surface area contributed by atoms with Crippen molar-refractivity contribution in [3.05, 3.63) is 47.0 Å². The highest BCUT2D eigenvalue weighted by Crippen LogP contribution is 2.34. The molecular formula is C16H16N2O3. The Balaban J connectivity index is 2.00. The van der Waals surface area contributed by atoms with Crippen LogP contribution >= 0.6 is 0 Å². The molecule has 1 amide bonds. The van der Waals surface area contributed by atoms with Crippen LogP contribution in [0.5, 0.6) is 11.5 Å². The number of fused-ring (bicyclic) bond motifs is 1. The lowest BCUT2D eigenvalue weighted by molar-refractivity contribution is 0.0987. The number of nitrogen functional groups attached to an aromatic ring is 1. The summed E-state index contributed by atoms with van der Waals surface area (Å²) in [6.45, 7) is 2.49. The first-order chi connectivity index (χ1) is 9.97. The van der Waals surface area contributed by atoms with Crippen LogP contribution in [-0.4, -0.2) is 22.7 Å². The van der Waals surface area contributed by atoms with Crippen LogP contribution in [-0.2, 0) is 6.42 Å². The Bertz CT molecular complexity index is 741. The van der Waals surface area contributed by atoms with Crippen molar-refractivity contribution in [2.24, 2.45) is 0 Å². The number of hydrogen-bond donors (Lipinski definition) is 3. The topological polar surface area (TPSA) is 86.8 Å². The molecule has 0 aliphatic carbocycles. The second-order valence-corrected chi connectivity index (χ2v) is 5.25. The number of carbonyl (C=O) groups excluding carboxylic acids is 1. The van der Waals surface area contributed by atoms with E-state index in [0.29, 0.717) is 12.2 Å². The van der Waals surface area contributed by atoms with Gasteiger partial charge in [-0.15, -0.1) is 0 Å². The SMILES string of the molecule is Cc1cc2c(cc1N)N(C(=O)c1ccc(O)cc1O)CC2. The van der Waals surface area contributed by atoms with Crippen molar-refractivity contribution in [1.82, 2.24) is 0 Å². The van der Waals surface area contributed by atoms with Gasteiger partial charge in [0.15, 0.2) is 0 Å². The van der Waals surface area contributed by atoms with Gasteiger partial charge in [-0.1, -0.05) is 6.07 Å². The molecule has 0 spiro atoms. The Morgan fingerprint density at radius 2 is 2.00 bits per heavy atom. The number of aromatic hydroxyl groups is 2. The predicted octanol–water partition coefficient (Wildman–Crippen LogP) is 2.19. The number of carbonyl (C=O) groups is 1. The molecule has 21 heavy (non-hydrogen) atoms. The number of amides is 1. The number of anilines is 2. The fraction of sp³-hybridized carbons (Fsp3) is 0.188. The molecule has 0 bridgehead atoms. The van der Waals surface area contributed by atoms with Gasteiger partial charge in [-0.2, -0.15) is 0 Å². The predicted molar refractivity (Wildman–Crippen MR) is 80.7 cm³/mol. The first-order valence-electron chi connectivity index (χ1n) is 6.70. The molecule has 3 rings (SSSR count). The number of phenolic OH excluding ortho intramolecular Hbond substituents is 2. The Kier molecular flexibility index (Phi) is 2.97. The molecule has 0 unspecified atom stereocenters. The van der Waals surface area contributed by atoms with Gasteiger partial charge in [0, 0.05) is 24.0 Å². The zero-order valence-electron chi connectivity index (χ0n) is 11.6. The van der Waals surface area contributed by atoms with Crippen LogP contribution < -0.4 is 10.6 Å². The van der Waals surface area contributed by atoms with Crippen LogP contribution in [0, 0.1) is 6.92 Å². The molecule has 5 heteroatoms. The quantitative estimate of drug-likeness (QED) is 0.701. The molecule has 0 saturated carbocycles. The van der Waals surface area contributed by atoms with Crippen molar-refractivity contribution in [2.75, 3.05) is 17.2 Å². The highest BCUT2D eigenvalue weighted by Gasteiger charge is 2.27. The van der Waals surface area contributed by atoms with E-state index in [1.165, 1.54) is 12.1 Å².